The molecule has 1 aromatic heterocycles. The van der Waals surface area contributed by atoms with Crippen molar-refractivity contribution in [2.75, 3.05) is 19.3 Å². The van der Waals surface area contributed by atoms with Gasteiger partial charge in [0.15, 0.2) is 5.15 Å². The first kappa shape index (κ1) is 14.5. The summed E-state index contributed by atoms with van der Waals surface area (Å²) in [6, 6.07) is 0. The molecular formula is C11H16ClN3O3S. The lowest BCUT2D eigenvalue weighted by Gasteiger charge is -2.31. The topological polar surface area (TPSA) is 72.3 Å². The number of halogens is 1. The first-order valence-corrected chi connectivity index (χ1v) is 8.26. The van der Waals surface area contributed by atoms with Crippen LogP contribution in [0, 0.1) is 5.92 Å². The van der Waals surface area contributed by atoms with Gasteiger partial charge in [-0.2, -0.15) is 0 Å². The van der Waals surface area contributed by atoms with Crippen molar-refractivity contribution in [3.8, 4) is 0 Å². The van der Waals surface area contributed by atoms with Crippen molar-refractivity contribution in [1.82, 2.24) is 13.9 Å². The Morgan fingerprint density at radius 3 is 2.95 bits per heavy atom. The quantitative estimate of drug-likeness (QED) is 0.818. The number of nitrogens with zero attached hydrogens (tertiary/aromatic N) is 3. The molecule has 2 rings (SSSR count). The Balaban J connectivity index is 2.11. The Morgan fingerprint density at radius 2 is 2.26 bits per heavy atom. The van der Waals surface area contributed by atoms with Gasteiger partial charge in [0.1, 0.15) is 0 Å². The van der Waals surface area contributed by atoms with Gasteiger partial charge in [-0.15, -0.1) is 0 Å². The zero-order valence-electron chi connectivity index (χ0n) is 10.6. The van der Waals surface area contributed by atoms with Crippen LogP contribution < -0.4 is 5.56 Å². The van der Waals surface area contributed by atoms with Crippen LogP contribution in [-0.4, -0.2) is 41.6 Å². The number of hydrogen-bond donors (Lipinski definition) is 0. The molecule has 1 aliphatic heterocycles. The summed E-state index contributed by atoms with van der Waals surface area (Å²) in [5.74, 6) is 0.125. The summed E-state index contributed by atoms with van der Waals surface area (Å²) in [7, 11) is -3.16. The maximum absolute atomic E-state index is 11.8. The van der Waals surface area contributed by atoms with Gasteiger partial charge >= 0.3 is 0 Å². The number of hydrogen-bond acceptors (Lipinski definition) is 4. The van der Waals surface area contributed by atoms with E-state index in [0.717, 1.165) is 12.8 Å². The molecule has 0 saturated carbocycles. The van der Waals surface area contributed by atoms with E-state index in [1.54, 1.807) is 6.20 Å². The van der Waals surface area contributed by atoms with Crippen LogP contribution in [0.3, 0.4) is 0 Å². The molecule has 1 fully saturated rings. The SMILES string of the molecule is CS(=O)(=O)N1CCCC(Cn2ccnc(Cl)c2=O)C1. The fraction of sp³-hybridized carbons (Fsp3) is 0.636. The number of aromatic nitrogens is 2. The van der Waals surface area contributed by atoms with Gasteiger partial charge in [-0.1, -0.05) is 11.6 Å². The Bertz CT molecular complexity index is 614. The van der Waals surface area contributed by atoms with Crippen LogP contribution in [0.4, 0.5) is 0 Å². The van der Waals surface area contributed by atoms with Crippen molar-refractivity contribution < 1.29 is 8.42 Å². The van der Waals surface area contributed by atoms with E-state index in [9.17, 15) is 13.2 Å². The molecule has 1 aliphatic rings. The van der Waals surface area contributed by atoms with Gasteiger partial charge in [0.2, 0.25) is 10.0 Å². The molecule has 0 bridgehead atoms. The Hall–Kier alpha value is -0.920. The second kappa shape index (κ2) is 5.60. The second-order valence-corrected chi connectivity index (χ2v) is 7.15. The highest BCUT2D eigenvalue weighted by molar-refractivity contribution is 7.88. The van der Waals surface area contributed by atoms with Crippen LogP contribution in [0.25, 0.3) is 0 Å². The fourth-order valence-electron chi connectivity index (χ4n) is 2.32. The standard InChI is InChI=1S/C11H16ClN3O3S/c1-19(17,18)15-5-2-3-9(8-15)7-14-6-4-13-10(12)11(14)16/h4,6,9H,2-3,5,7-8H2,1H3. The van der Waals surface area contributed by atoms with Gasteiger partial charge in [0, 0.05) is 32.0 Å². The predicted octanol–water partition coefficient (Wildman–Crippen LogP) is 0.568. The highest BCUT2D eigenvalue weighted by Crippen LogP contribution is 2.19. The molecule has 106 valence electrons. The van der Waals surface area contributed by atoms with Gasteiger partial charge in [0.25, 0.3) is 5.56 Å². The van der Waals surface area contributed by atoms with E-state index in [1.165, 1.54) is 21.3 Å². The molecule has 0 aliphatic carbocycles. The van der Waals surface area contributed by atoms with Crippen molar-refractivity contribution in [3.05, 3.63) is 27.9 Å². The maximum Gasteiger partial charge on any atom is 0.288 e. The normalized spacial score (nSPS) is 21.5. The molecule has 1 saturated heterocycles. The molecule has 2 heterocycles. The van der Waals surface area contributed by atoms with E-state index < -0.39 is 10.0 Å². The van der Waals surface area contributed by atoms with Gasteiger partial charge in [-0.25, -0.2) is 17.7 Å². The molecule has 1 atom stereocenters. The number of rotatable bonds is 3. The lowest BCUT2D eigenvalue weighted by molar-refractivity contribution is 0.244. The Labute approximate surface area is 117 Å². The summed E-state index contributed by atoms with van der Waals surface area (Å²) in [6.45, 7) is 1.47. The monoisotopic (exact) mass is 305 g/mol. The van der Waals surface area contributed by atoms with E-state index in [1.807, 2.05) is 0 Å². The van der Waals surface area contributed by atoms with Crippen LogP contribution in [0.5, 0.6) is 0 Å². The maximum atomic E-state index is 11.8. The predicted molar refractivity (Wildman–Crippen MR) is 72.6 cm³/mol. The molecule has 0 amide bonds. The highest BCUT2D eigenvalue weighted by Gasteiger charge is 2.26. The first-order valence-electron chi connectivity index (χ1n) is 6.04. The largest absolute Gasteiger partial charge is 0.311 e. The fourth-order valence-corrected chi connectivity index (χ4v) is 3.43. The zero-order valence-corrected chi connectivity index (χ0v) is 12.2. The minimum atomic E-state index is -3.16. The van der Waals surface area contributed by atoms with Crippen LogP contribution in [0.2, 0.25) is 5.15 Å². The average molecular weight is 306 g/mol. The van der Waals surface area contributed by atoms with Gasteiger partial charge in [-0.05, 0) is 18.8 Å². The molecule has 8 heteroatoms. The van der Waals surface area contributed by atoms with E-state index in [-0.39, 0.29) is 16.6 Å². The summed E-state index contributed by atoms with van der Waals surface area (Å²) in [4.78, 5) is 15.5. The Kier molecular flexibility index (Phi) is 4.27. The van der Waals surface area contributed by atoms with Crippen molar-refractivity contribution >= 4 is 21.6 Å². The van der Waals surface area contributed by atoms with Crippen molar-refractivity contribution in [2.45, 2.75) is 19.4 Å². The van der Waals surface area contributed by atoms with Crippen LogP contribution in [0.1, 0.15) is 12.8 Å². The minimum absolute atomic E-state index is 0.0571. The summed E-state index contributed by atoms with van der Waals surface area (Å²) in [6.07, 6.45) is 5.98. The van der Waals surface area contributed by atoms with E-state index in [0.29, 0.717) is 19.6 Å². The summed E-state index contributed by atoms with van der Waals surface area (Å²) < 4.78 is 26.0. The molecule has 0 aromatic carbocycles. The zero-order chi connectivity index (χ0) is 14.0. The third kappa shape index (κ3) is 3.55. The van der Waals surface area contributed by atoms with Gasteiger partial charge < -0.3 is 4.57 Å². The molecule has 0 N–H and O–H groups in total. The van der Waals surface area contributed by atoms with Gasteiger partial charge in [0.05, 0.1) is 6.26 Å². The molecule has 0 radical (unpaired) electrons. The van der Waals surface area contributed by atoms with Gasteiger partial charge in [-0.3, -0.25) is 4.79 Å². The highest BCUT2D eigenvalue weighted by atomic mass is 35.5. The lowest BCUT2D eigenvalue weighted by atomic mass is 10.00. The molecule has 0 spiro atoms. The first-order chi connectivity index (χ1) is 8.88. The van der Waals surface area contributed by atoms with Crippen molar-refractivity contribution in [2.24, 2.45) is 5.92 Å². The number of sulfonamides is 1. The molecule has 1 aromatic rings. The van der Waals surface area contributed by atoms with Crippen LogP contribution in [-0.2, 0) is 16.6 Å². The summed E-state index contributed by atoms with van der Waals surface area (Å²) in [5.41, 5.74) is -0.333. The van der Waals surface area contributed by atoms with E-state index in [4.69, 9.17) is 11.6 Å². The van der Waals surface area contributed by atoms with Crippen molar-refractivity contribution in [3.63, 3.8) is 0 Å². The smallest absolute Gasteiger partial charge is 0.288 e. The Morgan fingerprint density at radius 1 is 1.53 bits per heavy atom. The lowest BCUT2D eigenvalue weighted by Crippen LogP contribution is -2.41. The third-order valence-electron chi connectivity index (χ3n) is 3.28. The van der Waals surface area contributed by atoms with Crippen LogP contribution >= 0.6 is 11.6 Å². The minimum Gasteiger partial charge on any atom is -0.311 e. The van der Waals surface area contributed by atoms with Crippen LogP contribution in [0.15, 0.2) is 17.2 Å². The van der Waals surface area contributed by atoms with E-state index in [2.05, 4.69) is 4.98 Å². The molecule has 1 unspecified atom stereocenters. The summed E-state index contributed by atoms with van der Waals surface area (Å²) >= 11 is 5.68. The van der Waals surface area contributed by atoms with Crippen molar-refractivity contribution in [1.29, 1.82) is 0 Å². The summed E-state index contributed by atoms with van der Waals surface area (Å²) in [5, 5.41) is -0.0571. The van der Waals surface area contributed by atoms with E-state index >= 15 is 0 Å². The average Bonchev–Trinajstić information content (AvgIpc) is 2.34. The second-order valence-electron chi connectivity index (χ2n) is 4.80. The third-order valence-corrected chi connectivity index (χ3v) is 4.81. The molecule has 6 nitrogen and oxygen atoms in total. The number of piperidine rings is 1. The molecular weight excluding hydrogens is 290 g/mol. The molecule has 19 heavy (non-hydrogen) atoms.